The average Bonchev–Trinajstić information content (AvgIpc) is 2.39. The molecule has 2 rings (SSSR count). The molecule has 1 N–H and O–H groups in total. The highest BCUT2D eigenvalue weighted by atomic mass is 19.1. The molecule has 1 heterocycles. The fraction of sp³-hybridized carbons (Fsp3) is 0.533. The van der Waals surface area contributed by atoms with Crippen molar-refractivity contribution in [3.8, 4) is 0 Å². The number of carbonyl (C=O) groups excluding carboxylic acids is 1. The first-order valence-electron chi connectivity index (χ1n) is 6.90. The predicted octanol–water partition coefficient (Wildman–Crippen LogP) is 1.11. The molecule has 0 saturated carbocycles. The fourth-order valence-electron chi connectivity index (χ4n) is 2.51. The molecule has 110 valence electrons. The fourth-order valence-corrected chi connectivity index (χ4v) is 2.51. The summed E-state index contributed by atoms with van der Waals surface area (Å²) < 4.78 is 13.0. The first kappa shape index (κ1) is 14.9. The number of hydrogen-bond donors (Lipinski definition) is 1. The highest BCUT2D eigenvalue weighted by Gasteiger charge is 2.22. The lowest BCUT2D eigenvalue weighted by atomic mass is 10.1. The molecule has 0 spiro atoms. The Morgan fingerprint density at radius 1 is 1.40 bits per heavy atom. The lowest BCUT2D eigenvalue weighted by molar-refractivity contribution is 0.0880. The summed E-state index contributed by atoms with van der Waals surface area (Å²) in [6, 6.07) is 4.56. The van der Waals surface area contributed by atoms with Crippen LogP contribution in [-0.4, -0.2) is 62.0 Å². The van der Waals surface area contributed by atoms with Gasteiger partial charge in [0, 0.05) is 37.8 Å². The third-order valence-electron chi connectivity index (χ3n) is 3.91. The zero-order valence-corrected chi connectivity index (χ0v) is 12.3. The number of likely N-dealkylation sites (N-methyl/N-ethyl adjacent to an activating group) is 2. The van der Waals surface area contributed by atoms with E-state index in [2.05, 4.69) is 29.2 Å². The standard InChI is InChI=1S/C15H22FN3O/c1-11-8-12(16)4-5-14(11)15(20)17-9-13-10-18(2)6-7-19(13)3/h4-5,8,13H,6-7,9-10H2,1-3H3,(H,17,20). The van der Waals surface area contributed by atoms with E-state index in [-0.39, 0.29) is 11.7 Å². The number of amides is 1. The van der Waals surface area contributed by atoms with Crippen LogP contribution in [0, 0.1) is 12.7 Å². The normalized spacial score (nSPS) is 20.9. The molecule has 0 bridgehead atoms. The minimum atomic E-state index is -0.312. The van der Waals surface area contributed by atoms with Crippen molar-refractivity contribution in [3.05, 3.63) is 35.1 Å². The van der Waals surface area contributed by atoms with Crippen LogP contribution in [0.4, 0.5) is 4.39 Å². The Kier molecular flexibility index (Phi) is 4.73. The Morgan fingerprint density at radius 3 is 2.85 bits per heavy atom. The number of aryl methyl sites for hydroxylation is 1. The third-order valence-corrected chi connectivity index (χ3v) is 3.91. The van der Waals surface area contributed by atoms with E-state index < -0.39 is 0 Å². The molecule has 0 radical (unpaired) electrons. The highest BCUT2D eigenvalue weighted by molar-refractivity contribution is 5.95. The zero-order chi connectivity index (χ0) is 14.7. The van der Waals surface area contributed by atoms with Gasteiger partial charge in [0.1, 0.15) is 5.82 Å². The van der Waals surface area contributed by atoms with Gasteiger partial charge in [0.05, 0.1) is 0 Å². The van der Waals surface area contributed by atoms with Gasteiger partial charge in [0.15, 0.2) is 0 Å². The molecule has 4 nitrogen and oxygen atoms in total. The molecule has 0 aromatic heterocycles. The maximum atomic E-state index is 13.0. The van der Waals surface area contributed by atoms with Crippen LogP contribution in [0.3, 0.4) is 0 Å². The molecule has 1 aliphatic rings. The highest BCUT2D eigenvalue weighted by Crippen LogP contribution is 2.10. The molecule has 1 aromatic carbocycles. The van der Waals surface area contributed by atoms with Crippen LogP contribution in [0.15, 0.2) is 18.2 Å². The molecule has 1 atom stereocenters. The first-order chi connectivity index (χ1) is 9.47. The van der Waals surface area contributed by atoms with Gasteiger partial charge in [-0.3, -0.25) is 9.69 Å². The molecule has 1 aliphatic heterocycles. The summed E-state index contributed by atoms with van der Waals surface area (Å²) in [4.78, 5) is 16.7. The maximum absolute atomic E-state index is 13.0. The molecular formula is C15H22FN3O. The van der Waals surface area contributed by atoms with Crippen molar-refractivity contribution in [3.63, 3.8) is 0 Å². The van der Waals surface area contributed by atoms with Crippen molar-refractivity contribution in [1.29, 1.82) is 0 Å². The van der Waals surface area contributed by atoms with Gasteiger partial charge >= 0.3 is 0 Å². The number of piperazine rings is 1. The van der Waals surface area contributed by atoms with Crippen molar-refractivity contribution in [1.82, 2.24) is 15.1 Å². The van der Waals surface area contributed by atoms with Gasteiger partial charge in [0.25, 0.3) is 5.91 Å². The Hall–Kier alpha value is -1.46. The number of nitrogens with one attached hydrogen (secondary N) is 1. The van der Waals surface area contributed by atoms with Crippen molar-refractivity contribution in [2.24, 2.45) is 0 Å². The number of rotatable bonds is 3. The second kappa shape index (κ2) is 6.33. The van der Waals surface area contributed by atoms with Crippen LogP contribution in [0.5, 0.6) is 0 Å². The molecule has 20 heavy (non-hydrogen) atoms. The van der Waals surface area contributed by atoms with E-state index in [1.165, 1.54) is 18.2 Å². The number of nitrogens with zero attached hydrogens (tertiary/aromatic N) is 2. The first-order valence-corrected chi connectivity index (χ1v) is 6.90. The smallest absolute Gasteiger partial charge is 0.251 e. The molecule has 0 aliphatic carbocycles. The Labute approximate surface area is 119 Å². The van der Waals surface area contributed by atoms with Crippen LogP contribution in [-0.2, 0) is 0 Å². The van der Waals surface area contributed by atoms with Crippen LogP contribution in [0.25, 0.3) is 0 Å². The summed E-state index contributed by atoms with van der Waals surface area (Å²) in [5.41, 5.74) is 1.20. The second-order valence-electron chi connectivity index (χ2n) is 5.57. The van der Waals surface area contributed by atoms with E-state index in [0.29, 0.717) is 23.7 Å². The Bertz CT molecular complexity index is 492. The summed E-state index contributed by atoms with van der Waals surface area (Å²) in [7, 11) is 4.17. The molecule has 1 fully saturated rings. The summed E-state index contributed by atoms with van der Waals surface area (Å²) in [5, 5.41) is 2.95. The van der Waals surface area contributed by atoms with E-state index in [1.54, 1.807) is 6.92 Å². The zero-order valence-electron chi connectivity index (χ0n) is 12.3. The van der Waals surface area contributed by atoms with Crippen LogP contribution in [0.1, 0.15) is 15.9 Å². The molecule has 1 unspecified atom stereocenters. The monoisotopic (exact) mass is 279 g/mol. The summed E-state index contributed by atoms with van der Waals surface area (Å²) in [5.74, 6) is -0.447. The Morgan fingerprint density at radius 2 is 2.15 bits per heavy atom. The average molecular weight is 279 g/mol. The van der Waals surface area contributed by atoms with Gasteiger partial charge < -0.3 is 10.2 Å². The quantitative estimate of drug-likeness (QED) is 0.900. The lowest BCUT2D eigenvalue weighted by Gasteiger charge is -2.37. The molecule has 1 aromatic rings. The van der Waals surface area contributed by atoms with Gasteiger partial charge in [-0.25, -0.2) is 4.39 Å². The summed E-state index contributed by atoms with van der Waals surface area (Å²) in [6.45, 7) is 5.36. The summed E-state index contributed by atoms with van der Waals surface area (Å²) >= 11 is 0. The van der Waals surface area contributed by atoms with Crippen molar-refractivity contribution < 1.29 is 9.18 Å². The maximum Gasteiger partial charge on any atom is 0.251 e. The van der Waals surface area contributed by atoms with E-state index in [1.807, 2.05) is 0 Å². The SMILES string of the molecule is Cc1cc(F)ccc1C(=O)NCC1CN(C)CCN1C. The van der Waals surface area contributed by atoms with E-state index in [4.69, 9.17) is 0 Å². The van der Waals surface area contributed by atoms with Crippen LogP contribution < -0.4 is 5.32 Å². The van der Waals surface area contributed by atoms with E-state index in [0.717, 1.165) is 19.6 Å². The van der Waals surface area contributed by atoms with Gasteiger partial charge in [-0.05, 0) is 44.8 Å². The number of carbonyl (C=O) groups is 1. The van der Waals surface area contributed by atoms with Crippen LogP contribution >= 0.6 is 0 Å². The lowest BCUT2D eigenvalue weighted by Crippen LogP contribution is -2.54. The number of benzene rings is 1. The van der Waals surface area contributed by atoms with Gasteiger partial charge in [0.2, 0.25) is 0 Å². The number of hydrogen-bond acceptors (Lipinski definition) is 3. The molecule has 5 heteroatoms. The van der Waals surface area contributed by atoms with Crippen molar-refractivity contribution >= 4 is 5.91 Å². The van der Waals surface area contributed by atoms with Crippen molar-refractivity contribution in [2.45, 2.75) is 13.0 Å². The number of halogens is 1. The van der Waals surface area contributed by atoms with E-state index >= 15 is 0 Å². The molecule has 1 amide bonds. The molecular weight excluding hydrogens is 257 g/mol. The Balaban J connectivity index is 1.94. The van der Waals surface area contributed by atoms with Gasteiger partial charge in [-0.2, -0.15) is 0 Å². The van der Waals surface area contributed by atoms with Gasteiger partial charge in [-0.15, -0.1) is 0 Å². The van der Waals surface area contributed by atoms with Crippen molar-refractivity contribution in [2.75, 3.05) is 40.3 Å². The minimum absolute atomic E-state index is 0.135. The summed E-state index contributed by atoms with van der Waals surface area (Å²) in [6.07, 6.45) is 0. The minimum Gasteiger partial charge on any atom is -0.350 e. The van der Waals surface area contributed by atoms with Crippen LogP contribution in [0.2, 0.25) is 0 Å². The topological polar surface area (TPSA) is 35.6 Å². The predicted molar refractivity (Wildman–Crippen MR) is 77.4 cm³/mol. The second-order valence-corrected chi connectivity index (χ2v) is 5.57. The molecule has 1 saturated heterocycles. The van der Waals surface area contributed by atoms with E-state index in [9.17, 15) is 9.18 Å². The third kappa shape index (κ3) is 3.55. The van der Waals surface area contributed by atoms with Gasteiger partial charge in [-0.1, -0.05) is 0 Å². The largest absolute Gasteiger partial charge is 0.350 e.